The summed E-state index contributed by atoms with van der Waals surface area (Å²) in [5, 5.41) is 82.8. The molecule has 0 bridgehead atoms. The van der Waals surface area contributed by atoms with Crippen molar-refractivity contribution in [2.45, 2.75) is 218 Å². The molecule has 1 aliphatic carbocycles. The van der Waals surface area contributed by atoms with E-state index < -0.39 is 35.1 Å². The van der Waals surface area contributed by atoms with Gasteiger partial charge in [-0.05, 0) is 149 Å². The second-order valence-corrected chi connectivity index (χ2v) is 32.3. The number of hydrogen-bond acceptors (Lipinski definition) is 26. The maximum atomic E-state index is 12.1. The van der Waals surface area contributed by atoms with E-state index >= 15 is 0 Å². The van der Waals surface area contributed by atoms with E-state index in [9.17, 15) is 28.8 Å². The average molecular weight is 1640 g/mol. The molecule has 4 aromatic heterocycles. The van der Waals surface area contributed by atoms with Gasteiger partial charge in [-0.1, -0.05) is 201 Å². The quantitative estimate of drug-likeness (QED) is 0.0364. The summed E-state index contributed by atoms with van der Waals surface area (Å²) in [6.07, 6.45) is 4.31. The summed E-state index contributed by atoms with van der Waals surface area (Å²) in [5.41, 5.74) is 5.67. The zero-order valence-electron chi connectivity index (χ0n) is 72.5. The molecule has 0 radical (unpaired) electrons. The molecule has 2 unspecified atom stereocenters. The molecule has 0 aliphatic heterocycles. The van der Waals surface area contributed by atoms with Crippen LogP contribution in [0.25, 0.3) is 56.9 Å². The fourth-order valence-electron chi connectivity index (χ4n) is 11.0. The van der Waals surface area contributed by atoms with E-state index in [-0.39, 0.29) is 72.5 Å². The molecule has 120 heavy (non-hydrogen) atoms. The van der Waals surface area contributed by atoms with Crippen LogP contribution in [0.5, 0.6) is 0 Å². The Morgan fingerprint density at radius 2 is 0.742 bits per heavy atom. The lowest BCUT2D eigenvalue weighted by Crippen LogP contribution is -2.41. The maximum absolute atomic E-state index is 12.1. The van der Waals surface area contributed by atoms with E-state index in [0.29, 0.717) is 71.6 Å². The molecule has 6 N–H and O–H groups in total. The van der Waals surface area contributed by atoms with Crippen molar-refractivity contribution >= 4 is 47.8 Å². The van der Waals surface area contributed by atoms with Crippen LogP contribution in [-0.2, 0) is 48.0 Å². The summed E-state index contributed by atoms with van der Waals surface area (Å²) >= 11 is 0. The van der Waals surface area contributed by atoms with E-state index in [1.54, 1.807) is 24.3 Å². The van der Waals surface area contributed by atoms with E-state index in [2.05, 4.69) is 113 Å². The highest BCUT2D eigenvalue weighted by molar-refractivity contribution is 5.94. The van der Waals surface area contributed by atoms with Gasteiger partial charge in [0.2, 0.25) is 40.9 Å². The lowest BCUT2D eigenvalue weighted by Gasteiger charge is -2.30. The van der Waals surface area contributed by atoms with Gasteiger partial charge in [0.1, 0.15) is 13.2 Å². The number of hydrogen-bond donors (Lipinski definition) is 6. The highest BCUT2D eigenvalue weighted by atomic mass is 16.6. The number of rotatable bonds is 21. The SMILES string of the molecule is CC.CC.CC(C)(C)NC(=O)OCCC(=O)Nc1nnc(-c2ccc(NC(=O)C(C)(C)C)cc2)nn1.CC(C)(C)NC(=O)OCCC1CCCCC1c1nnc(-c2ccccc2)nn1.CC(C)(C)NC(=O)OCCc1ccccc1-c1nnc(-c2ccccc2)nn1.CC(C)(C)NC(=O)OCc1ccccc1Cc1nnc(-c2ccccc2)nn1. The topological polar surface area (TPSA) is 418 Å². The maximum Gasteiger partial charge on any atom is 0.407 e. The number of alkyl carbamates (subject to hydrolysis) is 4. The van der Waals surface area contributed by atoms with Crippen LogP contribution in [0.1, 0.15) is 204 Å². The van der Waals surface area contributed by atoms with E-state index in [1.165, 1.54) is 6.42 Å². The van der Waals surface area contributed by atoms with Crippen molar-refractivity contribution in [2.24, 2.45) is 11.3 Å². The Balaban J connectivity index is 0.000000245. The number of ether oxygens (including phenoxy) is 4. The molecule has 2 atom stereocenters. The van der Waals surface area contributed by atoms with Crippen LogP contribution in [0.4, 0.5) is 30.8 Å². The number of aromatic nitrogens is 16. The summed E-state index contributed by atoms with van der Waals surface area (Å²) in [7, 11) is 0. The predicted octanol–water partition coefficient (Wildman–Crippen LogP) is 16.2. The monoisotopic (exact) mass is 1640 g/mol. The molecule has 1 fully saturated rings. The van der Waals surface area contributed by atoms with Gasteiger partial charge in [0.15, 0.2) is 11.6 Å². The van der Waals surface area contributed by atoms with Gasteiger partial charge in [-0.2, -0.15) is 0 Å². The lowest BCUT2D eigenvalue weighted by molar-refractivity contribution is -0.123. The Bertz CT molecular complexity index is 4760. The smallest absolute Gasteiger partial charge is 0.407 e. The molecule has 10 aromatic rings. The summed E-state index contributed by atoms with van der Waals surface area (Å²) in [6.45, 7) is 36.9. The number of carbonyl (C=O) groups excluding carboxylic acids is 6. The highest BCUT2D eigenvalue weighted by Crippen LogP contribution is 2.38. The summed E-state index contributed by atoms with van der Waals surface area (Å²) < 4.78 is 20.9. The van der Waals surface area contributed by atoms with Crippen LogP contribution < -0.4 is 31.9 Å². The van der Waals surface area contributed by atoms with Crippen molar-refractivity contribution in [1.29, 1.82) is 0 Å². The van der Waals surface area contributed by atoms with Gasteiger partial charge in [-0.15, -0.1) is 81.6 Å². The molecule has 6 aromatic carbocycles. The Hall–Kier alpha value is -12.9. The lowest BCUT2D eigenvalue weighted by atomic mass is 9.77. The first kappa shape index (κ1) is 95.9. The number of nitrogens with one attached hydrogen (secondary N) is 6. The molecule has 4 heterocycles. The van der Waals surface area contributed by atoms with E-state index in [4.69, 9.17) is 18.9 Å². The highest BCUT2D eigenvalue weighted by Gasteiger charge is 2.31. The molecule has 11 rings (SSSR count). The summed E-state index contributed by atoms with van der Waals surface area (Å²) in [5.74, 6) is 3.40. The molecule has 6 amide bonds. The molecule has 1 aliphatic rings. The van der Waals surface area contributed by atoms with E-state index in [0.717, 1.165) is 64.6 Å². The van der Waals surface area contributed by atoms with Gasteiger partial charge in [-0.3, -0.25) is 14.9 Å². The van der Waals surface area contributed by atoms with Gasteiger partial charge >= 0.3 is 24.4 Å². The largest absolute Gasteiger partial charge is 0.450 e. The molecule has 32 nitrogen and oxygen atoms in total. The first-order chi connectivity index (χ1) is 57.1. The molecule has 32 heteroatoms. The van der Waals surface area contributed by atoms with Crippen LogP contribution in [0.3, 0.4) is 0 Å². The van der Waals surface area contributed by atoms with E-state index in [1.807, 2.05) is 271 Å². The van der Waals surface area contributed by atoms with Gasteiger partial charge in [-0.25, -0.2) is 19.2 Å². The van der Waals surface area contributed by atoms with Crippen molar-refractivity contribution in [3.63, 3.8) is 0 Å². The van der Waals surface area contributed by atoms with Crippen LogP contribution in [0.2, 0.25) is 0 Å². The first-order valence-electron chi connectivity index (χ1n) is 40.2. The zero-order chi connectivity index (χ0) is 87.9. The fraction of sp³-hybridized carbons (Fsp3) is 0.432. The van der Waals surface area contributed by atoms with Crippen molar-refractivity contribution < 1.29 is 47.7 Å². The molecule has 638 valence electrons. The van der Waals surface area contributed by atoms with Gasteiger partial charge in [0.25, 0.3) is 5.95 Å². The predicted molar refractivity (Wildman–Crippen MR) is 460 cm³/mol. The van der Waals surface area contributed by atoms with Crippen molar-refractivity contribution in [3.8, 4) is 56.9 Å². The molecular weight excluding hydrogens is 1530 g/mol. The van der Waals surface area contributed by atoms with Crippen molar-refractivity contribution in [3.05, 3.63) is 192 Å². The van der Waals surface area contributed by atoms with Gasteiger partial charge < -0.3 is 45.5 Å². The minimum Gasteiger partial charge on any atom is -0.450 e. The second-order valence-electron chi connectivity index (χ2n) is 32.3. The standard InChI is InChI=1S/C21H29N7O4.C21H29N5O2.2C21H23N5O2.2C2H6/c1-20(2,3)17(30)22-14-9-7-13(8-10-14)16-25-27-18(28-26-16)23-15(29)11-12-32-19(31)24-21(4,5)6;2*1-21(2,3)22-20(27)28-14-13-15-9-7-8-12-17(15)19-25-23-18(24-26-19)16-10-5-4-6-11-16;1-21(2,3)22-20(27)28-14-17-12-8-7-11-16(17)13-18-23-25-19(26-24-18)15-9-5-4-6-10-15;2*1-2/h7-10H,11-12H2,1-6H3,(H,22,30)(H,24,31)(H,23,27,28,29);4-6,10-11,15,17H,7-9,12-14H2,1-3H3,(H,22,27);2*4-12H,13-14H2,1-3H3,(H,22,27);2*1-2H3. The fourth-order valence-corrected chi connectivity index (χ4v) is 11.0. The third-order valence-corrected chi connectivity index (χ3v) is 16.5. The third kappa shape index (κ3) is 35.5. The Morgan fingerprint density at radius 1 is 0.367 bits per heavy atom. The van der Waals surface area contributed by atoms with Gasteiger partial charge in [0, 0.05) is 79.8 Å². The first-order valence-corrected chi connectivity index (χ1v) is 40.2. The second kappa shape index (κ2) is 47.5. The normalized spacial score (nSPS) is 13.0. The van der Waals surface area contributed by atoms with Crippen LogP contribution in [-0.4, -0.2) is 160 Å². The average Bonchev–Trinajstić information content (AvgIpc) is 0.828. The molecule has 0 spiro atoms. The summed E-state index contributed by atoms with van der Waals surface area (Å²) in [6, 6.07) is 51.2. The Labute approximate surface area is 703 Å². The number of benzene rings is 6. The number of amides is 6. The van der Waals surface area contributed by atoms with Gasteiger partial charge in [0.05, 0.1) is 19.6 Å². The van der Waals surface area contributed by atoms with Crippen LogP contribution in [0, 0.1) is 11.3 Å². The number of nitrogens with zero attached hydrogens (tertiary/aromatic N) is 16. The number of carbonyl (C=O) groups is 6. The molecule has 0 saturated heterocycles. The Morgan fingerprint density at radius 3 is 1.21 bits per heavy atom. The van der Waals surface area contributed by atoms with Crippen molar-refractivity contribution in [1.82, 2.24) is 103 Å². The summed E-state index contributed by atoms with van der Waals surface area (Å²) in [4.78, 5) is 71.1. The van der Waals surface area contributed by atoms with Crippen molar-refractivity contribution in [2.75, 3.05) is 30.5 Å². The molecular formula is C88H116N22O10. The molecule has 1 saturated carbocycles. The minimum absolute atomic E-state index is 0.0630. The minimum atomic E-state index is -0.599. The third-order valence-electron chi connectivity index (χ3n) is 16.5. The Kier molecular flexibility index (Phi) is 38.0. The van der Waals surface area contributed by atoms with Crippen LogP contribution in [0.15, 0.2) is 164 Å². The van der Waals surface area contributed by atoms with Crippen LogP contribution >= 0.6 is 0 Å². The zero-order valence-corrected chi connectivity index (χ0v) is 72.5. The number of anilines is 2.